The highest BCUT2D eigenvalue weighted by Gasteiger charge is 2.22. The molecule has 1 N–H and O–H groups in total. The first kappa shape index (κ1) is 22.7. The van der Waals surface area contributed by atoms with Crippen LogP contribution in [0.2, 0.25) is 0 Å². The molecular weight excluding hydrogens is 388 g/mol. The Morgan fingerprint density at radius 3 is 2.17 bits per heavy atom. The molecule has 0 aliphatic rings. The number of sulfonamides is 1. The number of carbonyl (C=O) groups is 1. The topological polar surface area (TPSA) is 75.7 Å². The van der Waals surface area contributed by atoms with E-state index in [1.165, 1.54) is 0 Å². The molecule has 0 heterocycles. The Morgan fingerprint density at radius 2 is 1.66 bits per heavy atom. The van der Waals surface area contributed by atoms with E-state index < -0.39 is 10.0 Å². The number of hydrogen-bond acceptors (Lipinski definition) is 4. The minimum absolute atomic E-state index is 0.0433. The highest BCUT2D eigenvalue weighted by atomic mass is 32.2. The number of nitrogens with one attached hydrogen (secondary N) is 1. The van der Waals surface area contributed by atoms with Crippen molar-refractivity contribution < 1.29 is 17.9 Å². The van der Waals surface area contributed by atoms with Gasteiger partial charge in [0.25, 0.3) is 0 Å². The highest BCUT2D eigenvalue weighted by Crippen LogP contribution is 2.25. The fourth-order valence-corrected chi connectivity index (χ4v) is 3.94. The molecule has 29 heavy (non-hydrogen) atoms. The van der Waals surface area contributed by atoms with Crippen molar-refractivity contribution in [3.05, 3.63) is 53.6 Å². The number of aryl methyl sites for hydroxylation is 2. The maximum atomic E-state index is 12.8. The average Bonchev–Trinajstić information content (AvgIpc) is 2.65. The predicted molar refractivity (Wildman–Crippen MR) is 118 cm³/mol. The molecule has 0 aliphatic heterocycles. The molecule has 0 spiro atoms. The van der Waals surface area contributed by atoms with Crippen LogP contribution < -0.4 is 14.4 Å². The number of rotatable bonds is 9. The number of para-hydroxylation sites is 1. The van der Waals surface area contributed by atoms with E-state index in [4.69, 9.17) is 4.74 Å². The van der Waals surface area contributed by atoms with Gasteiger partial charge in [-0.3, -0.25) is 9.10 Å². The van der Waals surface area contributed by atoms with Crippen LogP contribution >= 0.6 is 0 Å². The maximum Gasteiger partial charge on any atom is 0.245 e. The first-order valence-corrected chi connectivity index (χ1v) is 11.7. The lowest BCUT2D eigenvalue weighted by Gasteiger charge is -2.23. The van der Waals surface area contributed by atoms with Crippen LogP contribution in [-0.4, -0.2) is 33.2 Å². The van der Waals surface area contributed by atoms with Crippen LogP contribution in [-0.2, 0) is 27.7 Å². The van der Waals surface area contributed by atoms with Gasteiger partial charge in [-0.25, -0.2) is 8.42 Å². The van der Waals surface area contributed by atoms with E-state index in [0.717, 1.165) is 40.2 Å². The molecule has 0 aliphatic carbocycles. The van der Waals surface area contributed by atoms with Gasteiger partial charge in [0.05, 0.1) is 18.0 Å². The molecule has 7 heteroatoms. The molecular formula is C22H30N2O4S. The number of carbonyl (C=O) groups excluding carboxylic acids is 1. The summed E-state index contributed by atoms with van der Waals surface area (Å²) in [4.78, 5) is 12.8. The van der Waals surface area contributed by atoms with Gasteiger partial charge in [-0.15, -0.1) is 0 Å². The lowest BCUT2D eigenvalue weighted by molar-refractivity contribution is -0.114. The fourth-order valence-electron chi connectivity index (χ4n) is 3.10. The number of hydrogen-bond donors (Lipinski definition) is 1. The molecule has 2 aromatic rings. The van der Waals surface area contributed by atoms with E-state index in [2.05, 4.69) is 5.32 Å². The van der Waals surface area contributed by atoms with Crippen LogP contribution in [0.15, 0.2) is 42.5 Å². The van der Waals surface area contributed by atoms with Crippen LogP contribution in [0.3, 0.4) is 0 Å². The lowest BCUT2D eigenvalue weighted by Crippen LogP contribution is -2.37. The van der Waals surface area contributed by atoms with E-state index in [-0.39, 0.29) is 18.6 Å². The van der Waals surface area contributed by atoms with Crippen LogP contribution in [0, 0.1) is 0 Å². The summed E-state index contributed by atoms with van der Waals surface area (Å²) in [5.74, 6) is 0.164. The third-order valence-corrected chi connectivity index (χ3v) is 5.57. The normalized spacial score (nSPS) is 11.4. The van der Waals surface area contributed by atoms with Gasteiger partial charge in [-0.05, 0) is 49.9 Å². The van der Waals surface area contributed by atoms with Crippen molar-refractivity contribution in [1.29, 1.82) is 0 Å². The number of amides is 1. The number of benzene rings is 2. The second kappa shape index (κ2) is 9.78. The molecule has 1 amide bonds. The summed E-state index contributed by atoms with van der Waals surface area (Å²) in [7, 11) is -3.66. The molecule has 158 valence electrons. The number of anilines is 2. The zero-order valence-corrected chi connectivity index (χ0v) is 18.5. The molecule has 0 saturated heterocycles. The van der Waals surface area contributed by atoms with Gasteiger partial charge >= 0.3 is 0 Å². The third-order valence-electron chi connectivity index (χ3n) is 4.43. The van der Waals surface area contributed by atoms with E-state index in [1.54, 1.807) is 24.3 Å². The van der Waals surface area contributed by atoms with Crippen molar-refractivity contribution in [3.8, 4) is 5.75 Å². The van der Waals surface area contributed by atoms with Crippen LogP contribution in [0.1, 0.15) is 38.8 Å². The Kier molecular flexibility index (Phi) is 7.67. The molecule has 0 atom stereocenters. The molecule has 0 radical (unpaired) electrons. The Morgan fingerprint density at radius 1 is 1.07 bits per heavy atom. The van der Waals surface area contributed by atoms with Gasteiger partial charge in [0.1, 0.15) is 12.3 Å². The van der Waals surface area contributed by atoms with Gasteiger partial charge in [-0.1, -0.05) is 38.1 Å². The second-order valence-electron chi connectivity index (χ2n) is 7.14. The molecule has 6 nitrogen and oxygen atoms in total. The first-order chi connectivity index (χ1) is 13.7. The Labute approximate surface area is 173 Å². The van der Waals surface area contributed by atoms with E-state index in [1.807, 2.05) is 45.9 Å². The Bertz CT molecular complexity index is 933. The van der Waals surface area contributed by atoms with Crippen LogP contribution in [0.4, 0.5) is 11.4 Å². The maximum absolute atomic E-state index is 12.8. The van der Waals surface area contributed by atoms with Gasteiger partial charge in [-0.2, -0.15) is 0 Å². The monoisotopic (exact) mass is 418 g/mol. The van der Waals surface area contributed by atoms with Crippen LogP contribution in [0.25, 0.3) is 0 Å². The van der Waals surface area contributed by atoms with Crippen molar-refractivity contribution in [2.45, 2.75) is 46.6 Å². The molecule has 0 aromatic heterocycles. The number of ether oxygens (including phenoxy) is 1. The van der Waals surface area contributed by atoms with E-state index in [0.29, 0.717) is 11.4 Å². The zero-order valence-electron chi connectivity index (χ0n) is 17.7. The summed E-state index contributed by atoms with van der Waals surface area (Å²) in [6.45, 7) is 7.52. The molecule has 0 saturated carbocycles. The second-order valence-corrected chi connectivity index (χ2v) is 9.05. The van der Waals surface area contributed by atoms with Gasteiger partial charge in [0.2, 0.25) is 15.9 Å². The third kappa shape index (κ3) is 6.22. The fraction of sp³-hybridized carbons (Fsp3) is 0.409. The summed E-state index contributed by atoms with van der Waals surface area (Å²) in [5.41, 5.74) is 3.21. The van der Waals surface area contributed by atoms with Crippen LogP contribution in [0.5, 0.6) is 5.75 Å². The van der Waals surface area contributed by atoms with E-state index >= 15 is 0 Å². The molecule has 0 fully saturated rings. The summed E-state index contributed by atoms with van der Waals surface area (Å²) in [6.07, 6.45) is 2.59. The van der Waals surface area contributed by atoms with Crippen molar-refractivity contribution >= 4 is 27.3 Å². The minimum atomic E-state index is -3.66. The smallest absolute Gasteiger partial charge is 0.245 e. The standard InChI is InChI=1S/C22H30N2O4S/c1-6-17-10-8-11-18(7-2)22(17)23-21(25)15-24(29(5,26)27)19-12-9-13-20(14-19)28-16(3)4/h8-14,16H,6-7,15H2,1-5H3,(H,23,25). The summed E-state index contributed by atoms with van der Waals surface area (Å²) in [5, 5.41) is 2.92. The van der Waals surface area contributed by atoms with Crippen molar-refractivity contribution in [1.82, 2.24) is 0 Å². The molecule has 2 rings (SSSR count). The summed E-state index contributed by atoms with van der Waals surface area (Å²) < 4.78 is 31.6. The highest BCUT2D eigenvalue weighted by molar-refractivity contribution is 7.92. The summed E-state index contributed by atoms with van der Waals surface area (Å²) in [6, 6.07) is 12.7. The Hall–Kier alpha value is -2.54. The van der Waals surface area contributed by atoms with Crippen molar-refractivity contribution in [2.24, 2.45) is 0 Å². The van der Waals surface area contributed by atoms with Crippen molar-refractivity contribution in [2.75, 3.05) is 22.4 Å². The SMILES string of the molecule is CCc1cccc(CC)c1NC(=O)CN(c1cccc(OC(C)C)c1)S(C)(=O)=O. The number of nitrogens with zero attached hydrogens (tertiary/aromatic N) is 1. The first-order valence-electron chi connectivity index (χ1n) is 9.80. The quantitative estimate of drug-likeness (QED) is 0.668. The zero-order chi connectivity index (χ0) is 21.6. The lowest BCUT2D eigenvalue weighted by atomic mass is 10.0. The molecule has 0 unspecified atom stereocenters. The average molecular weight is 419 g/mol. The summed E-state index contributed by atoms with van der Waals surface area (Å²) >= 11 is 0. The minimum Gasteiger partial charge on any atom is -0.491 e. The largest absolute Gasteiger partial charge is 0.491 e. The Balaban J connectivity index is 2.30. The van der Waals surface area contributed by atoms with Crippen molar-refractivity contribution in [3.63, 3.8) is 0 Å². The van der Waals surface area contributed by atoms with Gasteiger partial charge in [0, 0.05) is 11.8 Å². The van der Waals surface area contributed by atoms with Gasteiger partial charge in [0.15, 0.2) is 0 Å². The predicted octanol–water partition coefficient (Wildman–Crippen LogP) is 4.00. The van der Waals surface area contributed by atoms with Gasteiger partial charge < -0.3 is 10.1 Å². The van der Waals surface area contributed by atoms with E-state index in [9.17, 15) is 13.2 Å². The molecule has 0 bridgehead atoms. The molecule has 2 aromatic carbocycles.